The number of hydrogen-bond acceptors (Lipinski definition) is 5. The average molecular weight is 467 g/mol. The predicted molar refractivity (Wildman–Crippen MR) is 127 cm³/mol. The van der Waals surface area contributed by atoms with Gasteiger partial charge in [0, 0.05) is 20.0 Å². The second-order valence-electron chi connectivity index (χ2n) is 8.23. The Bertz CT molecular complexity index is 1040. The van der Waals surface area contributed by atoms with E-state index in [2.05, 4.69) is 5.32 Å². The molecule has 1 aliphatic rings. The van der Waals surface area contributed by atoms with Crippen molar-refractivity contribution in [3.63, 3.8) is 0 Å². The van der Waals surface area contributed by atoms with Gasteiger partial charge in [0.25, 0.3) is 5.91 Å². The Morgan fingerprint density at radius 2 is 1.65 bits per heavy atom. The molecule has 0 radical (unpaired) electrons. The highest BCUT2D eigenvalue weighted by Gasteiger charge is 2.42. The third-order valence-electron chi connectivity index (χ3n) is 5.63. The first-order chi connectivity index (χ1) is 16.3. The summed E-state index contributed by atoms with van der Waals surface area (Å²) in [6, 6.07) is 17.0. The number of benzene rings is 2. The van der Waals surface area contributed by atoms with E-state index in [-0.39, 0.29) is 0 Å². The zero-order valence-corrected chi connectivity index (χ0v) is 19.3. The summed E-state index contributed by atoms with van der Waals surface area (Å²) in [5.41, 5.74) is 3.26. The van der Waals surface area contributed by atoms with Crippen molar-refractivity contribution < 1.29 is 29.3 Å². The number of ether oxygens (including phenoxy) is 1. The molecule has 3 N–H and O–H groups in total. The lowest BCUT2D eigenvalue weighted by molar-refractivity contribution is -0.151. The molecular formula is C26H30N2O6. The van der Waals surface area contributed by atoms with Gasteiger partial charge in [-0.05, 0) is 35.6 Å². The van der Waals surface area contributed by atoms with E-state index in [1.807, 2.05) is 61.5 Å². The van der Waals surface area contributed by atoms with Crippen LogP contribution in [0.4, 0.5) is 0 Å². The smallest absolute Gasteiger partial charge is 0.370 e. The van der Waals surface area contributed by atoms with E-state index < -0.39 is 41.8 Å². The molecule has 2 unspecified atom stereocenters. The Hall–Kier alpha value is -3.65. The number of carboxylic acids is 1. The second-order valence-corrected chi connectivity index (χ2v) is 8.23. The van der Waals surface area contributed by atoms with Crippen LogP contribution in [0.3, 0.4) is 0 Å². The highest BCUT2D eigenvalue weighted by atomic mass is 16.5. The van der Waals surface area contributed by atoms with Gasteiger partial charge in [0.1, 0.15) is 12.1 Å². The molecule has 0 aromatic heterocycles. The summed E-state index contributed by atoms with van der Waals surface area (Å²) in [6.07, 6.45) is -0.456. The molecule has 34 heavy (non-hydrogen) atoms. The summed E-state index contributed by atoms with van der Waals surface area (Å²) < 4.78 is 5.43. The number of aliphatic hydroxyl groups is 1. The molecule has 0 bridgehead atoms. The summed E-state index contributed by atoms with van der Waals surface area (Å²) in [6.45, 7) is 4.00. The number of carbonyl (C=O) groups is 3. The molecular weight excluding hydrogens is 436 g/mol. The number of carbonyl (C=O) groups excluding carboxylic acids is 2. The van der Waals surface area contributed by atoms with E-state index in [1.54, 1.807) is 4.90 Å². The fourth-order valence-electron chi connectivity index (χ4n) is 3.95. The molecule has 3 rings (SSSR count). The second kappa shape index (κ2) is 11.5. The van der Waals surface area contributed by atoms with Crippen molar-refractivity contribution in [3.05, 3.63) is 72.0 Å². The van der Waals surface area contributed by atoms with Crippen LogP contribution in [0.5, 0.6) is 0 Å². The number of hydrogen-bond donors (Lipinski definition) is 3. The monoisotopic (exact) mass is 466 g/mol. The van der Waals surface area contributed by atoms with E-state index in [0.717, 1.165) is 22.8 Å². The van der Waals surface area contributed by atoms with Crippen molar-refractivity contribution in [1.29, 1.82) is 0 Å². The fraction of sp³-hybridized carbons (Fsp3) is 0.346. The summed E-state index contributed by atoms with van der Waals surface area (Å²) in [5, 5.41) is 22.2. The maximum atomic E-state index is 13.4. The number of rotatable bonds is 9. The number of nitrogens with zero attached hydrogens (tertiary/aromatic N) is 1. The number of amides is 2. The average Bonchev–Trinajstić information content (AvgIpc) is 2.83. The zero-order chi connectivity index (χ0) is 24.7. The van der Waals surface area contributed by atoms with Gasteiger partial charge in [-0.15, -0.1) is 0 Å². The Labute approximate surface area is 198 Å². The van der Waals surface area contributed by atoms with Crippen LogP contribution in [0, 0.1) is 0 Å². The first-order valence-corrected chi connectivity index (χ1v) is 11.3. The molecule has 0 aliphatic carbocycles. The van der Waals surface area contributed by atoms with Gasteiger partial charge < -0.3 is 25.2 Å². The van der Waals surface area contributed by atoms with Crippen molar-refractivity contribution in [1.82, 2.24) is 10.2 Å². The number of nitrogens with one attached hydrogen (secondary N) is 1. The van der Waals surface area contributed by atoms with E-state index in [4.69, 9.17) is 4.74 Å². The highest BCUT2D eigenvalue weighted by molar-refractivity contribution is 5.88. The molecule has 3 atom stereocenters. The van der Waals surface area contributed by atoms with Crippen molar-refractivity contribution in [2.45, 2.75) is 44.9 Å². The molecule has 2 aromatic carbocycles. The van der Waals surface area contributed by atoms with Gasteiger partial charge in [-0.1, -0.05) is 61.5 Å². The molecule has 0 fully saturated rings. The maximum Gasteiger partial charge on any atom is 0.370 e. The molecule has 8 nitrogen and oxygen atoms in total. The van der Waals surface area contributed by atoms with Crippen LogP contribution >= 0.6 is 0 Å². The molecule has 180 valence electrons. The van der Waals surface area contributed by atoms with Crippen LogP contribution in [0.2, 0.25) is 0 Å². The summed E-state index contributed by atoms with van der Waals surface area (Å²) >= 11 is 0. The minimum absolute atomic E-state index is 0.381. The first-order valence-electron chi connectivity index (χ1n) is 11.3. The van der Waals surface area contributed by atoms with Crippen LogP contribution in [0.25, 0.3) is 11.1 Å². The predicted octanol–water partition coefficient (Wildman–Crippen LogP) is 2.37. The highest BCUT2D eigenvalue weighted by Crippen LogP contribution is 2.22. The van der Waals surface area contributed by atoms with Gasteiger partial charge in [0.2, 0.25) is 11.7 Å². The number of aliphatic hydroxyl groups excluding tert-OH is 1. The van der Waals surface area contributed by atoms with Gasteiger partial charge in [0.15, 0.2) is 6.10 Å². The van der Waals surface area contributed by atoms with E-state index in [1.165, 1.54) is 6.92 Å². The van der Waals surface area contributed by atoms with Crippen molar-refractivity contribution in [3.8, 4) is 11.1 Å². The number of carboxylic acid groups (broad SMARTS) is 1. The maximum absolute atomic E-state index is 13.4. The van der Waals surface area contributed by atoms with Crippen LogP contribution in [0.1, 0.15) is 25.8 Å². The van der Waals surface area contributed by atoms with Crippen molar-refractivity contribution >= 4 is 17.8 Å². The van der Waals surface area contributed by atoms with Crippen LogP contribution in [0.15, 0.2) is 66.4 Å². The van der Waals surface area contributed by atoms with Gasteiger partial charge in [-0.3, -0.25) is 9.59 Å². The van der Waals surface area contributed by atoms with E-state index in [9.17, 15) is 24.6 Å². The SMILES string of the molecule is CCCN(CCc1ccc(-c2ccccc2)cc1)C(=O)[C@@H]1OC(C(=O)O)=CC(O)C1NC(C)=O. The zero-order valence-electron chi connectivity index (χ0n) is 19.3. The molecule has 0 spiro atoms. The van der Waals surface area contributed by atoms with Gasteiger partial charge >= 0.3 is 5.97 Å². The third kappa shape index (κ3) is 6.23. The minimum atomic E-state index is -1.39. The summed E-state index contributed by atoms with van der Waals surface area (Å²) in [7, 11) is 0. The molecule has 2 aromatic rings. The van der Waals surface area contributed by atoms with Crippen molar-refractivity contribution in [2.24, 2.45) is 0 Å². The lowest BCUT2D eigenvalue weighted by Crippen LogP contribution is -2.59. The molecule has 0 saturated carbocycles. The topological polar surface area (TPSA) is 116 Å². The summed E-state index contributed by atoms with van der Waals surface area (Å²) in [5.74, 6) is -2.84. The molecule has 1 heterocycles. The fourth-order valence-corrected chi connectivity index (χ4v) is 3.95. The Morgan fingerprint density at radius 3 is 2.24 bits per heavy atom. The Kier molecular flexibility index (Phi) is 8.43. The Balaban J connectivity index is 1.74. The normalized spacial score (nSPS) is 19.5. The van der Waals surface area contributed by atoms with Gasteiger partial charge in [0.05, 0.1) is 0 Å². The Morgan fingerprint density at radius 1 is 1.00 bits per heavy atom. The van der Waals surface area contributed by atoms with Gasteiger partial charge in [-0.25, -0.2) is 4.79 Å². The third-order valence-corrected chi connectivity index (χ3v) is 5.63. The molecule has 0 saturated heterocycles. The largest absolute Gasteiger partial charge is 0.475 e. The first kappa shape index (κ1) is 25.0. The van der Waals surface area contributed by atoms with Crippen LogP contribution in [-0.2, 0) is 25.5 Å². The van der Waals surface area contributed by atoms with Gasteiger partial charge in [-0.2, -0.15) is 0 Å². The van der Waals surface area contributed by atoms with Crippen LogP contribution < -0.4 is 5.32 Å². The summed E-state index contributed by atoms with van der Waals surface area (Å²) in [4.78, 5) is 38.0. The van der Waals surface area contributed by atoms with E-state index in [0.29, 0.717) is 25.9 Å². The minimum Gasteiger partial charge on any atom is -0.475 e. The standard InChI is InChI=1S/C26H30N2O6/c1-3-14-28(15-13-18-9-11-20(12-10-18)19-7-5-4-6-8-19)25(31)24-23(27-17(2)29)21(30)16-22(34-24)26(32)33/h4-12,16,21,23-24,30H,3,13-15H2,1-2H3,(H,27,29)(H,32,33)/t21?,23?,24-/m1/s1. The quantitative estimate of drug-likeness (QED) is 0.523. The van der Waals surface area contributed by atoms with Crippen LogP contribution in [-0.4, -0.2) is 64.2 Å². The molecule has 1 aliphatic heterocycles. The molecule has 2 amide bonds. The lowest BCUT2D eigenvalue weighted by atomic mass is 9.98. The number of aliphatic carboxylic acids is 1. The molecule has 8 heteroatoms. The van der Waals surface area contributed by atoms with Crippen molar-refractivity contribution in [2.75, 3.05) is 13.1 Å². The lowest BCUT2D eigenvalue weighted by Gasteiger charge is -2.36. The van der Waals surface area contributed by atoms with E-state index >= 15 is 0 Å².